The van der Waals surface area contributed by atoms with E-state index < -0.39 is 12.2 Å². The summed E-state index contributed by atoms with van der Waals surface area (Å²) in [5, 5.41) is 21.0. The molecule has 0 amide bonds. The maximum atomic E-state index is 10.5. The van der Waals surface area contributed by atoms with Gasteiger partial charge in [-0.1, -0.05) is 76.6 Å². The molecule has 0 aliphatic heterocycles. The van der Waals surface area contributed by atoms with Crippen molar-refractivity contribution in [3.63, 3.8) is 0 Å². The fraction of sp³-hybridized carbons (Fsp3) is 0.429. The largest absolute Gasteiger partial charge is 0.385 e. The van der Waals surface area contributed by atoms with Gasteiger partial charge in [0.2, 0.25) is 0 Å². The molecule has 1 aliphatic rings. The van der Waals surface area contributed by atoms with Crippen LogP contribution in [0.5, 0.6) is 0 Å². The van der Waals surface area contributed by atoms with Crippen molar-refractivity contribution < 1.29 is 10.2 Å². The third-order valence-corrected chi connectivity index (χ3v) is 4.35. The molecule has 3 rings (SSSR count). The zero-order chi connectivity index (χ0) is 17.4. The Hall–Kier alpha value is -1.64. The Morgan fingerprint density at radius 3 is 1.78 bits per heavy atom. The van der Waals surface area contributed by atoms with E-state index in [1.807, 2.05) is 45.0 Å². The number of hydrogen-bond acceptors (Lipinski definition) is 2. The van der Waals surface area contributed by atoms with Crippen LogP contribution in [0.4, 0.5) is 0 Å². The van der Waals surface area contributed by atoms with E-state index in [1.165, 1.54) is 5.56 Å². The van der Waals surface area contributed by atoms with Gasteiger partial charge in [-0.15, -0.1) is 0 Å². The number of aryl methyl sites for hydroxylation is 1. The Bertz CT molecular complexity index is 695. The zero-order valence-corrected chi connectivity index (χ0v) is 15.0. The van der Waals surface area contributed by atoms with Crippen LogP contribution in [0.15, 0.2) is 36.4 Å². The van der Waals surface area contributed by atoms with Crippen molar-refractivity contribution in [3.8, 4) is 11.1 Å². The quantitative estimate of drug-likeness (QED) is 0.713. The summed E-state index contributed by atoms with van der Waals surface area (Å²) in [5.41, 5.74) is 5.97. The van der Waals surface area contributed by atoms with E-state index in [2.05, 4.69) is 32.9 Å². The van der Waals surface area contributed by atoms with Gasteiger partial charge in [-0.25, -0.2) is 0 Å². The van der Waals surface area contributed by atoms with Gasteiger partial charge in [0, 0.05) is 0 Å². The summed E-state index contributed by atoms with van der Waals surface area (Å²) in [7, 11) is 0. The molecule has 23 heavy (non-hydrogen) atoms. The van der Waals surface area contributed by atoms with Gasteiger partial charge in [0.15, 0.2) is 0 Å². The Morgan fingerprint density at radius 1 is 0.783 bits per heavy atom. The number of rotatable bonds is 0. The van der Waals surface area contributed by atoms with Crippen LogP contribution < -0.4 is 0 Å². The highest BCUT2D eigenvalue weighted by Gasteiger charge is 2.32. The molecule has 2 unspecified atom stereocenters. The maximum absolute atomic E-state index is 10.5. The van der Waals surface area contributed by atoms with Crippen molar-refractivity contribution in [1.29, 1.82) is 0 Å². The summed E-state index contributed by atoms with van der Waals surface area (Å²) in [6, 6.07) is 12.3. The van der Waals surface area contributed by atoms with Gasteiger partial charge < -0.3 is 10.2 Å². The van der Waals surface area contributed by atoms with Gasteiger partial charge in [0.1, 0.15) is 12.2 Å². The molecule has 1 aliphatic carbocycles. The molecule has 0 aromatic heterocycles. The zero-order valence-electron chi connectivity index (χ0n) is 15.0. The summed E-state index contributed by atoms with van der Waals surface area (Å²) in [4.78, 5) is 0. The van der Waals surface area contributed by atoms with Gasteiger partial charge in [-0.2, -0.15) is 0 Å². The average Bonchev–Trinajstić information content (AvgIpc) is 2.53. The van der Waals surface area contributed by atoms with E-state index >= 15 is 0 Å². The van der Waals surface area contributed by atoms with Gasteiger partial charge in [-0.05, 0) is 40.2 Å². The highest BCUT2D eigenvalue weighted by molar-refractivity contribution is 5.75. The van der Waals surface area contributed by atoms with Crippen LogP contribution in [0.25, 0.3) is 11.1 Å². The van der Waals surface area contributed by atoms with Crippen LogP contribution in [-0.2, 0) is 5.41 Å². The van der Waals surface area contributed by atoms with Crippen LogP contribution >= 0.6 is 0 Å². The first kappa shape index (κ1) is 17.7. The average molecular weight is 312 g/mol. The minimum absolute atomic E-state index is 0.0211. The molecule has 2 N–H and O–H groups in total. The molecular weight excluding hydrogens is 284 g/mol. The van der Waals surface area contributed by atoms with Gasteiger partial charge in [-0.3, -0.25) is 0 Å². The number of aliphatic hydroxyl groups is 2. The lowest BCUT2D eigenvalue weighted by Crippen LogP contribution is -2.19. The molecule has 2 atom stereocenters. The molecule has 0 heterocycles. The molecule has 2 nitrogen and oxygen atoms in total. The summed E-state index contributed by atoms with van der Waals surface area (Å²) in [5.74, 6) is 0. The van der Waals surface area contributed by atoms with E-state index in [0.29, 0.717) is 0 Å². The molecular formula is C21H28O2. The van der Waals surface area contributed by atoms with Crippen LogP contribution in [0, 0.1) is 6.92 Å². The smallest absolute Gasteiger partial charge is 0.110 e. The van der Waals surface area contributed by atoms with Gasteiger partial charge in [0.05, 0.1) is 0 Å². The van der Waals surface area contributed by atoms with Crippen LogP contribution in [-0.4, -0.2) is 10.2 Å². The lowest BCUT2D eigenvalue weighted by Gasteiger charge is -2.31. The topological polar surface area (TPSA) is 40.5 Å². The summed E-state index contributed by atoms with van der Waals surface area (Å²) in [6.07, 6.45) is -1.72. The lowest BCUT2D eigenvalue weighted by molar-refractivity contribution is 0.0157. The molecule has 124 valence electrons. The molecule has 2 aromatic rings. The SMILES string of the molecule is CC.Cc1ccc2c(c1)C(O)C(O)c1cc(C(C)(C)C)ccc1-2. The third-order valence-electron chi connectivity index (χ3n) is 4.35. The Morgan fingerprint density at radius 2 is 1.26 bits per heavy atom. The first-order chi connectivity index (χ1) is 10.8. The lowest BCUT2D eigenvalue weighted by atomic mass is 9.78. The minimum atomic E-state index is -0.864. The van der Waals surface area contributed by atoms with E-state index in [1.54, 1.807) is 0 Å². The molecule has 2 aromatic carbocycles. The monoisotopic (exact) mass is 312 g/mol. The molecule has 0 radical (unpaired) electrons. The molecule has 0 bridgehead atoms. The molecule has 0 spiro atoms. The number of aliphatic hydroxyl groups excluding tert-OH is 2. The normalized spacial score (nSPS) is 19.3. The van der Waals surface area contributed by atoms with Crippen LogP contribution in [0.1, 0.15) is 69.1 Å². The predicted octanol–water partition coefficient (Wildman–Crippen LogP) is 5.07. The van der Waals surface area contributed by atoms with E-state index in [9.17, 15) is 10.2 Å². The second kappa shape index (κ2) is 6.46. The second-order valence-electron chi connectivity index (χ2n) is 7.03. The van der Waals surface area contributed by atoms with Crippen LogP contribution in [0.2, 0.25) is 0 Å². The summed E-state index contributed by atoms with van der Waals surface area (Å²) >= 11 is 0. The Labute approximate surface area is 139 Å². The second-order valence-corrected chi connectivity index (χ2v) is 7.03. The first-order valence-corrected chi connectivity index (χ1v) is 8.40. The minimum Gasteiger partial charge on any atom is -0.385 e. The van der Waals surface area contributed by atoms with Crippen molar-refractivity contribution in [2.24, 2.45) is 0 Å². The number of fused-ring (bicyclic) bond motifs is 3. The highest BCUT2D eigenvalue weighted by Crippen LogP contribution is 2.45. The number of hydrogen-bond donors (Lipinski definition) is 2. The fourth-order valence-electron chi connectivity index (χ4n) is 3.03. The Balaban J connectivity index is 0.000000924. The standard InChI is InChI=1S/C19H22O2.C2H6/c1-11-5-7-13-14-8-6-12(19(2,3)4)10-16(14)18(21)17(20)15(13)9-11;1-2/h5-10,17-18,20-21H,1-4H3;1-2H3. The van der Waals surface area contributed by atoms with Gasteiger partial charge in [0.25, 0.3) is 0 Å². The van der Waals surface area contributed by atoms with Crippen molar-refractivity contribution in [2.75, 3.05) is 0 Å². The highest BCUT2D eigenvalue weighted by atomic mass is 16.3. The van der Waals surface area contributed by atoms with E-state index in [-0.39, 0.29) is 5.41 Å². The number of benzene rings is 2. The summed E-state index contributed by atoms with van der Waals surface area (Å²) in [6.45, 7) is 12.4. The molecule has 0 fully saturated rings. The van der Waals surface area contributed by atoms with E-state index in [0.717, 1.165) is 27.8 Å². The molecule has 2 heteroatoms. The first-order valence-electron chi connectivity index (χ1n) is 8.40. The van der Waals surface area contributed by atoms with Crippen molar-refractivity contribution >= 4 is 0 Å². The van der Waals surface area contributed by atoms with Crippen LogP contribution in [0.3, 0.4) is 0 Å². The molecule has 0 saturated carbocycles. The Kier molecular flexibility index (Phi) is 4.98. The molecule has 0 saturated heterocycles. The fourth-order valence-corrected chi connectivity index (χ4v) is 3.03. The summed E-state index contributed by atoms with van der Waals surface area (Å²) < 4.78 is 0. The van der Waals surface area contributed by atoms with E-state index in [4.69, 9.17) is 0 Å². The van der Waals surface area contributed by atoms with Crippen molar-refractivity contribution in [3.05, 3.63) is 58.7 Å². The predicted molar refractivity (Wildman–Crippen MR) is 96.6 cm³/mol. The van der Waals surface area contributed by atoms with Crippen molar-refractivity contribution in [1.82, 2.24) is 0 Å². The van der Waals surface area contributed by atoms with Crippen molar-refractivity contribution in [2.45, 2.75) is 59.2 Å². The third kappa shape index (κ3) is 3.19. The van der Waals surface area contributed by atoms with Gasteiger partial charge >= 0.3 is 0 Å². The maximum Gasteiger partial charge on any atom is 0.110 e.